The van der Waals surface area contributed by atoms with Gasteiger partial charge in [-0.3, -0.25) is 4.79 Å². The van der Waals surface area contributed by atoms with E-state index in [2.05, 4.69) is 29.8 Å². The van der Waals surface area contributed by atoms with Crippen LogP contribution in [-0.2, 0) is 16.1 Å². The van der Waals surface area contributed by atoms with Crippen LogP contribution in [0.2, 0.25) is 0 Å². The van der Waals surface area contributed by atoms with Gasteiger partial charge in [0.2, 0.25) is 5.91 Å². The summed E-state index contributed by atoms with van der Waals surface area (Å²) in [6.07, 6.45) is 2.56. The van der Waals surface area contributed by atoms with Crippen molar-refractivity contribution in [3.05, 3.63) is 29.8 Å². The van der Waals surface area contributed by atoms with Crippen LogP contribution in [0.25, 0.3) is 0 Å². The minimum absolute atomic E-state index is 0.149. The van der Waals surface area contributed by atoms with E-state index in [1.165, 1.54) is 10.5 Å². The second-order valence-corrected chi connectivity index (χ2v) is 5.91. The fourth-order valence-electron chi connectivity index (χ4n) is 2.25. The Balaban J connectivity index is 1.86. The van der Waals surface area contributed by atoms with Gasteiger partial charge in [-0.25, -0.2) is 0 Å². The fourth-order valence-corrected chi connectivity index (χ4v) is 2.73. The number of hydrogen-bond donors (Lipinski definition) is 1. The fraction of sp³-hybridized carbons (Fsp3) is 0.533. The number of thioether (sulfide) groups is 1. The van der Waals surface area contributed by atoms with E-state index in [-0.39, 0.29) is 11.9 Å². The topological polar surface area (TPSA) is 41.6 Å². The lowest BCUT2D eigenvalue weighted by Crippen LogP contribution is -2.44. The molecule has 1 amide bonds. The van der Waals surface area contributed by atoms with Crippen LogP contribution in [-0.4, -0.2) is 49.9 Å². The van der Waals surface area contributed by atoms with Crippen molar-refractivity contribution in [3.8, 4) is 0 Å². The van der Waals surface area contributed by atoms with E-state index in [0.717, 1.165) is 13.2 Å². The zero-order chi connectivity index (χ0) is 14.4. The molecule has 0 aliphatic carbocycles. The van der Waals surface area contributed by atoms with Gasteiger partial charge in [0.05, 0.1) is 13.2 Å². The number of nitrogens with zero attached hydrogens (tertiary/aromatic N) is 1. The maximum absolute atomic E-state index is 12.2. The Morgan fingerprint density at radius 3 is 3.10 bits per heavy atom. The molecule has 4 nitrogen and oxygen atoms in total. The molecule has 2 rings (SSSR count). The molecule has 0 unspecified atom stereocenters. The molecule has 1 heterocycles. The lowest BCUT2D eigenvalue weighted by molar-refractivity contribution is -0.131. The number of nitrogens with one attached hydrogen (secondary N) is 1. The number of hydrogen-bond acceptors (Lipinski definition) is 4. The molecule has 0 saturated carbocycles. The minimum atomic E-state index is 0.149. The molecule has 0 radical (unpaired) electrons. The van der Waals surface area contributed by atoms with Crippen LogP contribution < -0.4 is 5.32 Å². The summed E-state index contributed by atoms with van der Waals surface area (Å²) >= 11 is 1.72. The first-order valence-electron chi connectivity index (χ1n) is 6.87. The number of rotatable bonds is 5. The van der Waals surface area contributed by atoms with E-state index in [0.29, 0.717) is 19.6 Å². The average Bonchev–Trinajstić information content (AvgIpc) is 2.48. The van der Waals surface area contributed by atoms with E-state index >= 15 is 0 Å². The molecule has 0 spiro atoms. The molecule has 1 atom stereocenters. The van der Waals surface area contributed by atoms with Crippen LogP contribution >= 0.6 is 11.8 Å². The van der Waals surface area contributed by atoms with Crippen molar-refractivity contribution in [2.24, 2.45) is 0 Å². The molecule has 20 heavy (non-hydrogen) atoms. The summed E-state index contributed by atoms with van der Waals surface area (Å²) in [6, 6.07) is 8.47. The van der Waals surface area contributed by atoms with Gasteiger partial charge in [-0.05, 0) is 24.0 Å². The minimum Gasteiger partial charge on any atom is -0.378 e. The highest BCUT2D eigenvalue weighted by atomic mass is 32.2. The molecule has 5 heteroatoms. The van der Waals surface area contributed by atoms with Gasteiger partial charge in [0.25, 0.3) is 0 Å². The van der Waals surface area contributed by atoms with Crippen molar-refractivity contribution in [1.29, 1.82) is 0 Å². The first-order chi connectivity index (χ1) is 9.69. The zero-order valence-corrected chi connectivity index (χ0v) is 12.9. The smallest absolute Gasteiger partial charge is 0.224 e. The van der Waals surface area contributed by atoms with E-state index in [9.17, 15) is 4.79 Å². The molecular formula is C15H22N2O2S. The van der Waals surface area contributed by atoms with Gasteiger partial charge in [-0.2, -0.15) is 0 Å². The van der Waals surface area contributed by atoms with Gasteiger partial charge in [-0.1, -0.05) is 12.1 Å². The average molecular weight is 294 g/mol. The van der Waals surface area contributed by atoms with Crippen molar-refractivity contribution < 1.29 is 9.53 Å². The first kappa shape index (κ1) is 15.4. The number of amides is 1. The lowest BCUT2D eigenvalue weighted by Gasteiger charge is -2.25. The summed E-state index contributed by atoms with van der Waals surface area (Å²) in [7, 11) is 1.86. The van der Waals surface area contributed by atoms with Crippen LogP contribution in [0.1, 0.15) is 12.0 Å². The summed E-state index contributed by atoms with van der Waals surface area (Å²) in [6.45, 7) is 2.85. The van der Waals surface area contributed by atoms with Gasteiger partial charge >= 0.3 is 0 Å². The monoisotopic (exact) mass is 294 g/mol. The van der Waals surface area contributed by atoms with Gasteiger partial charge in [0.15, 0.2) is 0 Å². The summed E-state index contributed by atoms with van der Waals surface area (Å²) in [5.41, 5.74) is 1.17. The second-order valence-electron chi connectivity index (χ2n) is 5.03. The zero-order valence-electron chi connectivity index (χ0n) is 12.1. The molecule has 110 valence electrons. The summed E-state index contributed by atoms with van der Waals surface area (Å²) in [4.78, 5) is 15.2. The molecule has 1 N–H and O–H groups in total. The highest BCUT2D eigenvalue weighted by Crippen LogP contribution is 2.17. The molecule has 0 bridgehead atoms. The predicted octanol–water partition coefficient (Wildman–Crippen LogP) is 1.75. The molecule has 1 aromatic rings. The summed E-state index contributed by atoms with van der Waals surface area (Å²) in [5.74, 6) is 0.155. The molecule has 1 aliphatic rings. The van der Waals surface area contributed by atoms with Crippen LogP contribution in [0.3, 0.4) is 0 Å². The Morgan fingerprint density at radius 1 is 1.55 bits per heavy atom. The highest BCUT2D eigenvalue weighted by Gasteiger charge is 2.19. The van der Waals surface area contributed by atoms with Crippen LogP contribution in [0.4, 0.5) is 0 Å². The largest absolute Gasteiger partial charge is 0.378 e. The molecule has 1 aliphatic heterocycles. The maximum Gasteiger partial charge on any atom is 0.224 e. The third kappa shape index (κ3) is 4.51. The highest BCUT2D eigenvalue weighted by molar-refractivity contribution is 7.98. The Hall–Kier alpha value is -1.04. The molecule has 0 aromatic heterocycles. The van der Waals surface area contributed by atoms with E-state index in [1.807, 2.05) is 13.1 Å². The quantitative estimate of drug-likeness (QED) is 0.840. The van der Waals surface area contributed by atoms with Crippen molar-refractivity contribution in [2.45, 2.75) is 23.9 Å². The first-order valence-corrected chi connectivity index (χ1v) is 8.09. The number of ether oxygens (including phenoxy) is 1. The number of carbonyl (C=O) groups excluding carboxylic acids is 1. The van der Waals surface area contributed by atoms with E-state index < -0.39 is 0 Å². The molecule has 1 aromatic carbocycles. The van der Waals surface area contributed by atoms with E-state index in [4.69, 9.17) is 4.74 Å². The summed E-state index contributed by atoms with van der Waals surface area (Å²) < 4.78 is 5.38. The predicted molar refractivity (Wildman–Crippen MR) is 81.9 cm³/mol. The van der Waals surface area contributed by atoms with Gasteiger partial charge < -0.3 is 15.0 Å². The number of morpholine rings is 1. The summed E-state index contributed by atoms with van der Waals surface area (Å²) in [5, 5.41) is 3.31. The lowest BCUT2D eigenvalue weighted by atomic mass is 10.1. The van der Waals surface area contributed by atoms with Crippen LogP contribution in [0.5, 0.6) is 0 Å². The Kier molecular flexibility index (Phi) is 5.88. The van der Waals surface area contributed by atoms with Crippen molar-refractivity contribution in [1.82, 2.24) is 10.2 Å². The molecule has 1 fully saturated rings. The van der Waals surface area contributed by atoms with Crippen molar-refractivity contribution >= 4 is 17.7 Å². The maximum atomic E-state index is 12.2. The van der Waals surface area contributed by atoms with Crippen molar-refractivity contribution in [3.63, 3.8) is 0 Å². The van der Waals surface area contributed by atoms with Crippen LogP contribution in [0, 0.1) is 0 Å². The molecule has 1 saturated heterocycles. The third-order valence-electron chi connectivity index (χ3n) is 3.40. The Labute approximate surface area is 124 Å². The second kappa shape index (κ2) is 7.67. The van der Waals surface area contributed by atoms with Gasteiger partial charge in [0, 0.05) is 37.5 Å². The standard InChI is InChI=1S/C15H22N2O2S/c1-17(10-12-4-3-5-14(8-12)20-2)15(18)9-13-11-19-7-6-16-13/h3-5,8,13,16H,6-7,9-11H2,1-2H3/t13-/m1/s1. The Bertz CT molecular complexity index is 447. The normalized spacial score (nSPS) is 18.8. The number of carbonyl (C=O) groups is 1. The third-order valence-corrected chi connectivity index (χ3v) is 4.12. The molecular weight excluding hydrogens is 272 g/mol. The van der Waals surface area contributed by atoms with Crippen molar-refractivity contribution in [2.75, 3.05) is 33.1 Å². The van der Waals surface area contributed by atoms with Crippen LogP contribution in [0.15, 0.2) is 29.2 Å². The Morgan fingerprint density at radius 2 is 2.40 bits per heavy atom. The van der Waals surface area contributed by atoms with Gasteiger partial charge in [0.1, 0.15) is 0 Å². The number of benzene rings is 1. The van der Waals surface area contributed by atoms with Gasteiger partial charge in [-0.15, -0.1) is 11.8 Å². The van der Waals surface area contributed by atoms with E-state index in [1.54, 1.807) is 16.7 Å². The SMILES string of the molecule is CSc1cccc(CN(C)C(=O)C[C@@H]2COCCN2)c1.